The van der Waals surface area contributed by atoms with E-state index in [1.54, 1.807) is 0 Å². The molecule has 1 fully saturated rings. The van der Waals surface area contributed by atoms with Crippen LogP contribution in [0, 0.1) is 19.8 Å². The van der Waals surface area contributed by atoms with E-state index >= 15 is 0 Å². The topological polar surface area (TPSA) is 36.7 Å². The Balaban J connectivity index is 1.09. The summed E-state index contributed by atoms with van der Waals surface area (Å²) in [5.41, 5.74) is 6.23. The molecule has 3 heterocycles. The molecule has 34 heavy (non-hydrogen) atoms. The molecule has 1 unspecified atom stereocenters. The molecule has 0 spiro atoms. The summed E-state index contributed by atoms with van der Waals surface area (Å²) >= 11 is 0. The first-order chi connectivity index (χ1) is 16.5. The average molecular weight is 459 g/mol. The number of furan rings is 1. The molecule has 4 heteroatoms. The molecular formula is C30H38N2O2. The minimum atomic E-state index is 0.310. The molecule has 0 bridgehead atoms. The van der Waals surface area contributed by atoms with Crippen LogP contribution in [0.4, 0.5) is 0 Å². The zero-order chi connectivity index (χ0) is 23.5. The Kier molecular flexibility index (Phi) is 7.05. The van der Waals surface area contributed by atoms with Gasteiger partial charge in [0.2, 0.25) is 5.91 Å². The Labute approximate surface area is 203 Å². The minimum absolute atomic E-state index is 0.310. The first-order valence-electron chi connectivity index (χ1n) is 13.1. The van der Waals surface area contributed by atoms with E-state index in [0.717, 1.165) is 56.8 Å². The van der Waals surface area contributed by atoms with E-state index < -0.39 is 0 Å². The number of likely N-dealkylation sites (tertiary alicyclic amines) is 1. The monoisotopic (exact) mass is 458 g/mol. The summed E-state index contributed by atoms with van der Waals surface area (Å²) < 4.78 is 5.97. The van der Waals surface area contributed by atoms with Gasteiger partial charge in [-0.2, -0.15) is 0 Å². The lowest BCUT2D eigenvalue weighted by Gasteiger charge is -2.35. The summed E-state index contributed by atoms with van der Waals surface area (Å²) in [5, 5.41) is 1.20. The van der Waals surface area contributed by atoms with Crippen LogP contribution >= 0.6 is 0 Å². The number of para-hydroxylation sites is 1. The molecule has 4 nitrogen and oxygen atoms in total. The quantitative estimate of drug-likeness (QED) is 0.426. The van der Waals surface area contributed by atoms with Crippen molar-refractivity contribution >= 4 is 16.9 Å². The summed E-state index contributed by atoms with van der Waals surface area (Å²) in [4.78, 5) is 17.8. The largest absolute Gasteiger partial charge is 0.461 e. The van der Waals surface area contributed by atoms with Crippen molar-refractivity contribution in [2.45, 2.75) is 58.8 Å². The van der Waals surface area contributed by atoms with Crippen molar-refractivity contribution < 1.29 is 9.21 Å². The maximum absolute atomic E-state index is 13.0. The van der Waals surface area contributed by atoms with Gasteiger partial charge in [-0.25, -0.2) is 0 Å². The van der Waals surface area contributed by atoms with E-state index in [1.165, 1.54) is 53.4 Å². The van der Waals surface area contributed by atoms with Gasteiger partial charge in [0, 0.05) is 31.4 Å². The molecule has 0 N–H and O–H groups in total. The SMILES string of the molecule is Cc1cc2c(cc1C)CC(=O)N(CC1CCCN(CCCCc3cc4ccccc4o3)C1)CC2. The highest BCUT2D eigenvalue weighted by molar-refractivity contribution is 5.80. The number of piperidine rings is 1. The summed E-state index contributed by atoms with van der Waals surface area (Å²) in [6.07, 6.45) is 7.39. The number of carbonyl (C=O) groups is 1. The van der Waals surface area contributed by atoms with Gasteiger partial charge in [0.15, 0.2) is 0 Å². The lowest BCUT2D eigenvalue weighted by Crippen LogP contribution is -2.43. The molecule has 180 valence electrons. The van der Waals surface area contributed by atoms with Gasteiger partial charge < -0.3 is 14.2 Å². The number of fused-ring (bicyclic) bond motifs is 2. The van der Waals surface area contributed by atoms with Crippen molar-refractivity contribution in [3.05, 3.63) is 70.5 Å². The third-order valence-corrected chi connectivity index (χ3v) is 7.87. The maximum atomic E-state index is 13.0. The van der Waals surface area contributed by atoms with Gasteiger partial charge >= 0.3 is 0 Å². The van der Waals surface area contributed by atoms with Crippen LogP contribution in [-0.4, -0.2) is 48.4 Å². The first kappa shape index (κ1) is 23.2. The van der Waals surface area contributed by atoms with Crippen molar-refractivity contribution in [2.75, 3.05) is 32.7 Å². The molecular weight excluding hydrogens is 420 g/mol. The zero-order valence-corrected chi connectivity index (χ0v) is 20.8. The number of carbonyl (C=O) groups excluding carboxylic acids is 1. The van der Waals surface area contributed by atoms with E-state index in [0.29, 0.717) is 18.2 Å². The van der Waals surface area contributed by atoms with Crippen molar-refractivity contribution in [2.24, 2.45) is 5.92 Å². The van der Waals surface area contributed by atoms with Gasteiger partial charge in [-0.3, -0.25) is 4.79 Å². The lowest BCUT2D eigenvalue weighted by molar-refractivity contribution is -0.131. The first-order valence-corrected chi connectivity index (χ1v) is 13.1. The molecule has 0 saturated carbocycles. The Bertz CT molecular complexity index is 1110. The normalized spacial score (nSPS) is 19.4. The standard InChI is InChI=1S/C30H38N2O2/c1-22-16-25-12-15-32(30(33)19-27(25)17-23(22)2)21-24-8-7-14-31(20-24)13-6-5-10-28-18-26-9-3-4-11-29(26)34-28/h3-4,9,11,16-18,24H,5-8,10,12-15,19-21H2,1-2H3. The fourth-order valence-electron chi connectivity index (χ4n) is 5.79. The number of amides is 1. The average Bonchev–Trinajstić information content (AvgIpc) is 3.19. The van der Waals surface area contributed by atoms with E-state index in [1.807, 2.05) is 12.1 Å². The van der Waals surface area contributed by atoms with Gasteiger partial charge in [0.1, 0.15) is 11.3 Å². The van der Waals surface area contributed by atoms with Crippen LogP contribution in [0.2, 0.25) is 0 Å². The molecule has 0 radical (unpaired) electrons. The van der Waals surface area contributed by atoms with Crippen molar-refractivity contribution in [3.63, 3.8) is 0 Å². The zero-order valence-electron chi connectivity index (χ0n) is 20.8. The molecule has 1 aromatic heterocycles. The van der Waals surface area contributed by atoms with Crippen LogP contribution in [0.15, 0.2) is 46.9 Å². The van der Waals surface area contributed by atoms with Crippen LogP contribution in [-0.2, 0) is 24.1 Å². The highest BCUT2D eigenvalue weighted by atomic mass is 16.3. The Morgan fingerprint density at radius 3 is 2.68 bits per heavy atom. The number of nitrogens with zero attached hydrogens (tertiary/aromatic N) is 2. The number of hydrogen-bond acceptors (Lipinski definition) is 3. The number of aryl methyl sites for hydroxylation is 3. The molecule has 2 aromatic carbocycles. The van der Waals surface area contributed by atoms with E-state index in [2.05, 4.69) is 54.0 Å². The second-order valence-electron chi connectivity index (χ2n) is 10.5. The number of hydrogen-bond donors (Lipinski definition) is 0. The lowest BCUT2D eigenvalue weighted by atomic mass is 9.96. The van der Waals surface area contributed by atoms with Crippen LogP contribution in [0.5, 0.6) is 0 Å². The molecule has 1 atom stereocenters. The van der Waals surface area contributed by atoms with E-state index in [4.69, 9.17) is 4.42 Å². The maximum Gasteiger partial charge on any atom is 0.227 e. The summed E-state index contributed by atoms with van der Waals surface area (Å²) in [7, 11) is 0. The second-order valence-corrected chi connectivity index (χ2v) is 10.5. The summed E-state index contributed by atoms with van der Waals surface area (Å²) in [6, 6.07) is 15.0. The Hall–Kier alpha value is -2.59. The van der Waals surface area contributed by atoms with Crippen LogP contribution < -0.4 is 0 Å². The predicted molar refractivity (Wildman–Crippen MR) is 138 cm³/mol. The van der Waals surface area contributed by atoms with Gasteiger partial charge in [-0.1, -0.05) is 30.3 Å². The highest BCUT2D eigenvalue weighted by Gasteiger charge is 2.26. The molecule has 5 rings (SSSR count). The van der Waals surface area contributed by atoms with E-state index in [-0.39, 0.29) is 0 Å². The molecule has 3 aromatic rings. The number of unbranched alkanes of at least 4 members (excludes halogenated alkanes) is 1. The molecule has 1 saturated heterocycles. The predicted octanol–water partition coefficient (Wildman–Crippen LogP) is 5.71. The van der Waals surface area contributed by atoms with Gasteiger partial charge in [-0.05, 0) is 99.3 Å². The fourth-order valence-corrected chi connectivity index (χ4v) is 5.79. The number of benzene rings is 2. The van der Waals surface area contributed by atoms with Crippen molar-refractivity contribution in [1.29, 1.82) is 0 Å². The van der Waals surface area contributed by atoms with Gasteiger partial charge in [0.25, 0.3) is 0 Å². The molecule has 0 aliphatic carbocycles. The van der Waals surface area contributed by atoms with Gasteiger partial charge in [0.05, 0.1) is 6.42 Å². The highest BCUT2D eigenvalue weighted by Crippen LogP contribution is 2.24. The molecule has 2 aliphatic rings. The smallest absolute Gasteiger partial charge is 0.227 e. The van der Waals surface area contributed by atoms with E-state index in [9.17, 15) is 4.79 Å². The Morgan fingerprint density at radius 2 is 1.82 bits per heavy atom. The summed E-state index contributed by atoms with van der Waals surface area (Å²) in [6.45, 7) is 9.57. The summed E-state index contributed by atoms with van der Waals surface area (Å²) in [5.74, 6) is 2.01. The molecule has 1 amide bonds. The van der Waals surface area contributed by atoms with Crippen LogP contribution in [0.3, 0.4) is 0 Å². The Morgan fingerprint density at radius 1 is 1.00 bits per heavy atom. The minimum Gasteiger partial charge on any atom is -0.461 e. The molecule has 2 aliphatic heterocycles. The van der Waals surface area contributed by atoms with Crippen LogP contribution in [0.1, 0.15) is 53.7 Å². The third-order valence-electron chi connectivity index (χ3n) is 7.87. The van der Waals surface area contributed by atoms with Crippen LogP contribution in [0.25, 0.3) is 11.0 Å². The van der Waals surface area contributed by atoms with Crippen molar-refractivity contribution in [1.82, 2.24) is 9.80 Å². The second kappa shape index (κ2) is 10.4. The fraction of sp³-hybridized carbons (Fsp3) is 0.500. The number of rotatable bonds is 7. The van der Waals surface area contributed by atoms with Gasteiger partial charge in [-0.15, -0.1) is 0 Å². The third kappa shape index (κ3) is 5.38. The van der Waals surface area contributed by atoms with Crippen molar-refractivity contribution in [3.8, 4) is 0 Å².